The van der Waals surface area contributed by atoms with Gasteiger partial charge in [0.2, 0.25) is 0 Å². The van der Waals surface area contributed by atoms with Crippen LogP contribution in [0.5, 0.6) is 0 Å². The molecule has 2 aliphatic rings. The van der Waals surface area contributed by atoms with Gasteiger partial charge < -0.3 is 0 Å². The minimum absolute atomic E-state index is 0.395. The maximum absolute atomic E-state index is 6.15. The molecule has 0 aromatic carbocycles. The monoisotopic (exact) mass is 266 g/mol. The molecule has 0 radical (unpaired) electrons. The molecule has 0 bridgehead atoms. The van der Waals surface area contributed by atoms with Crippen LogP contribution in [0.15, 0.2) is 0 Å². The van der Waals surface area contributed by atoms with Crippen LogP contribution in [-0.4, -0.2) is 15.7 Å². The normalized spacial score (nSPS) is 30.0. The zero-order chi connectivity index (χ0) is 10.7. The van der Waals surface area contributed by atoms with Crippen LogP contribution in [0.1, 0.15) is 57.8 Å². The van der Waals surface area contributed by atoms with Gasteiger partial charge in [0.15, 0.2) is 0 Å². The Balaban J connectivity index is 1.71. The van der Waals surface area contributed by atoms with Gasteiger partial charge in [0, 0.05) is 0 Å². The molecule has 0 aromatic rings. The van der Waals surface area contributed by atoms with Crippen LogP contribution in [0.4, 0.5) is 0 Å². The highest BCUT2D eigenvalue weighted by Crippen LogP contribution is 2.46. The summed E-state index contributed by atoms with van der Waals surface area (Å²) in [5.41, 5.74) is 1.99. The summed E-state index contributed by atoms with van der Waals surface area (Å²) in [5.74, 6) is 0. The molecular weight excluding hydrogens is 246 g/mol. The van der Waals surface area contributed by atoms with Crippen LogP contribution in [0, 0.1) is 0 Å². The summed E-state index contributed by atoms with van der Waals surface area (Å²) in [7, 11) is 1.19. The Morgan fingerprint density at radius 3 is 1.93 bits per heavy atom. The molecule has 0 heterocycles. The Hall–Kier alpha value is 1.01. The molecule has 15 heavy (non-hydrogen) atoms. The SMILES string of the molecule is ClC1(Cl)CCC(PC2CCCCC2)CC1. The summed E-state index contributed by atoms with van der Waals surface area (Å²) >= 11 is 12.3. The molecule has 0 amide bonds. The average Bonchev–Trinajstić information content (AvgIpc) is 2.23. The Kier molecular flexibility index (Phi) is 4.62. The topological polar surface area (TPSA) is 0 Å². The minimum atomic E-state index is -0.395. The van der Waals surface area contributed by atoms with Crippen molar-refractivity contribution < 1.29 is 0 Å². The second kappa shape index (κ2) is 5.56. The Labute approximate surface area is 105 Å². The number of alkyl halides is 2. The van der Waals surface area contributed by atoms with E-state index in [-0.39, 0.29) is 0 Å². The number of halogens is 2. The van der Waals surface area contributed by atoms with Gasteiger partial charge in [-0.25, -0.2) is 0 Å². The average molecular weight is 267 g/mol. The van der Waals surface area contributed by atoms with Crippen LogP contribution in [0.3, 0.4) is 0 Å². The third-order valence-corrected chi connectivity index (χ3v) is 6.65. The van der Waals surface area contributed by atoms with Crippen molar-refractivity contribution in [2.75, 3.05) is 0 Å². The molecule has 3 heteroatoms. The van der Waals surface area contributed by atoms with Crippen molar-refractivity contribution in [3.05, 3.63) is 0 Å². The lowest BCUT2D eigenvalue weighted by molar-refractivity contribution is 0.474. The molecule has 1 atom stereocenters. The van der Waals surface area contributed by atoms with Crippen LogP contribution < -0.4 is 0 Å². The Bertz CT molecular complexity index is 190. The van der Waals surface area contributed by atoms with Gasteiger partial charge in [-0.1, -0.05) is 19.3 Å². The van der Waals surface area contributed by atoms with E-state index in [0.717, 1.165) is 24.2 Å². The summed E-state index contributed by atoms with van der Waals surface area (Å²) < 4.78 is -0.395. The van der Waals surface area contributed by atoms with Crippen LogP contribution in [0.25, 0.3) is 0 Å². The van der Waals surface area contributed by atoms with Gasteiger partial charge in [-0.2, -0.15) is 0 Å². The van der Waals surface area contributed by atoms with E-state index in [1.807, 2.05) is 0 Å². The zero-order valence-electron chi connectivity index (χ0n) is 9.27. The van der Waals surface area contributed by atoms with Gasteiger partial charge >= 0.3 is 0 Å². The smallest absolute Gasteiger partial charge is 0.116 e. The van der Waals surface area contributed by atoms with Crippen molar-refractivity contribution in [3.8, 4) is 0 Å². The number of hydrogen-bond donors (Lipinski definition) is 0. The van der Waals surface area contributed by atoms with E-state index in [1.165, 1.54) is 53.5 Å². The van der Waals surface area contributed by atoms with Gasteiger partial charge in [0.1, 0.15) is 4.33 Å². The Morgan fingerprint density at radius 2 is 1.33 bits per heavy atom. The molecule has 0 aliphatic heterocycles. The van der Waals surface area contributed by atoms with Crippen molar-refractivity contribution in [1.29, 1.82) is 0 Å². The quantitative estimate of drug-likeness (QED) is 0.481. The largest absolute Gasteiger partial charge is 0.118 e. The highest BCUT2D eigenvalue weighted by molar-refractivity contribution is 7.39. The molecular formula is C12H21Cl2P. The van der Waals surface area contributed by atoms with E-state index < -0.39 is 4.33 Å². The standard InChI is InChI=1S/C12H21Cl2P/c13-12(14)8-6-11(7-9-12)15-10-4-2-1-3-5-10/h10-11,15H,1-9H2. The Morgan fingerprint density at radius 1 is 0.800 bits per heavy atom. The van der Waals surface area contributed by atoms with Crippen molar-refractivity contribution >= 4 is 31.8 Å². The molecule has 1 unspecified atom stereocenters. The van der Waals surface area contributed by atoms with E-state index in [4.69, 9.17) is 23.2 Å². The van der Waals surface area contributed by atoms with Gasteiger partial charge in [-0.15, -0.1) is 31.8 Å². The second-order valence-corrected chi connectivity index (χ2v) is 8.74. The molecule has 0 spiro atoms. The molecule has 88 valence electrons. The molecule has 2 fully saturated rings. The molecule has 2 rings (SSSR count). The lowest BCUT2D eigenvalue weighted by Gasteiger charge is -2.33. The van der Waals surface area contributed by atoms with E-state index in [1.54, 1.807) is 0 Å². The van der Waals surface area contributed by atoms with Crippen LogP contribution in [0.2, 0.25) is 0 Å². The molecule has 2 aliphatic carbocycles. The highest BCUT2D eigenvalue weighted by Gasteiger charge is 2.32. The van der Waals surface area contributed by atoms with Crippen molar-refractivity contribution in [2.45, 2.75) is 73.4 Å². The van der Waals surface area contributed by atoms with E-state index in [0.29, 0.717) is 0 Å². The first-order valence-electron chi connectivity index (χ1n) is 6.30. The second-order valence-electron chi connectivity index (χ2n) is 5.13. The fourth-order valence-corrected chi connectivity index (χ4v) is 5.28. The third-order valence-electron chi connectivity index (χ3n) is 3.79. The minimum Gasteiger partial charge on any atom is -0.116 e. The van der Waals surface area contributed by atoms with Crippen molar-refractivity contribution in [3.63, 3.8) is 0 Å². The maximum atomic E-state index is 6.15. The lowest BCUT2D eigenvalue weighted by atomic mass is 9.99. The van der Waals surface area contributed by atoms with E-state index >= 15 is 0 Å². The maximum Gasteiger partial charge on any atom is 0.118 e. The molecule has 0 N–H and O–H groups in total. The molecule has 2 saturated carbocycles. The summed E-state index contributed by atoms with van der Waals surface area (Å²) in [4.78, 5) is 0. The first-order valence-corrected chi connectivity index (χ1v) is 8.21. The van der Waals surface area contributed by atoms with E-state index in [2.05, 4.69) is 0 Å². The summed E-state index contributed by atoms with van der Waals surface area (Å²) in [6, 6.07) is 0. The van der Waals surface area contributed by atoms with Crippen molar-refractivity contribution in [1.82, 2.24) is 0 Å². The van der Waals surface area contributed by atoms with Crippen LogP contribution >= 0.6 is 31.8 Å². The number of hydrogen-bond acceptors (Lipinski definition) is 0. The third kappa shape index (κ3) is 4.06. The van der Waals surface area contributed by atoms with Crippen molar-refractivity contribution in [2.24, 2.45) is 0 Å². The van der Waals surface area contributed by atoms with Crippen LogP contribution in [-0.2, 0) is 0 Å². The van der Waals surface area contributed by atoms with Gasteiger partial charge in [0.05, 0.1) is 0 Å². The summed E-state index contributed by atoms with van der Waals surface area (Å²) in [5, 5.41) is 0. The highest BCUT2D eigenvalue weighted by atomic mass is 35.5. The summed E-state index contributed by atoms with van der Waals surface area (Å²) in [6.45, 7) is 0. The summed E-state index contributed by atoms with van der Waals surface area (Å²) in [6.07, 6.45) is 11.9. The van der Waals surface area contributed by atoms with E-state index in [9.17, 15) is 0 Å². The molecule has 0 nitrogen and oxygen atoms in total. The lowest BCUT2D eigenvalue weighted by Crippen LogP contribution is -2.24. The zero-order valence-corrected chi connectivity index (χ0v) is 11.8. The predicted octanol–water partition coefficient (Wildman–Crippen LogP) is 5.11. The predicted molar refractivity (Wildman–Crippen MR) is 71.9 cm³/mol. The fraction of sp³-hybridized carbons (Fsp3) is 1.00. The van der Waals surface area contributed by atoms with Gasteiger partial charge in [0.25, 0.3) is 0 Å². The fourth-order valence-electron chi connectivity index (χ4n) is 2.81. The first kappa shape index (κ1) is 12.5. The van der Waals surface area contributed by atoms with Gasteiger partial charge in [-0.3, -0.25) is 0 Å². The number of rotatable bonds is 2. The molecule has 0 saturated heterocycles. The van der Waals surface area contributed by atoms with Gasteiger partial charge in [-0.05, 0) is 49.8 Å². The first-order chi connectivity index (χ1) is 7.16. The molecule has 0 aromatic heterocycles.